The third-order valence-electron chi connectivity index (χ3n) is 13.5. The lowest BCUT2D eigenvalue weighted by Crippen LogP contribution is -2.57. The fourth-order valence-electron chi connectivity index (χ4n) is 9.75. The highest BCUT2D eigenvalue weighted by molar-refractivity contribution is 6.71. The van der Waals surface area contributed by atoms with E-state index < -0.39 is 0 Å². The molecule has 1 nitrogen and oxygen atoms in total. The van der Waals surface area contributed by atoms with Crippen LogP contribution in [0, 0.1) is 6.92 Å². The van der Waals surface area contributed by atoms with Crippen LogP contribution in [0.5, 0.6) is 0 Å². The average Bonchev–Trinajstić information content (AvgIpc) is 3.23. The Morgan fingerprint density at radius 2 is 0.842 bits per heavy atom. The standard InChI is InChI=1S/C47H42B9N/c1-23-14-19-29-26(20-23)21-34(32-12-5-4-10-30(29)32)24-15-17-27(18-16-24)57(35-22-25-8-2-3-9-28(25)31-11-6-7-13-33(31)35)47-45(55)40(50)37(41(51)46(47)56)36-38(48)42(52)44(54)43(53)39(36)49/h2-22H,48-56H2,1H3. The Labute approximate surface area is 345 Å². The van der Waals surface area contributed by atoms with E-state index in [0.29, 0.717) is 0 Å². The number of nitrogens with zero attached hydrogens (tertiary/aromatic N) is 1. The van der Waals surface area contributed by atoms with Crippen LogP contribution in [-0.4, -0.2) is 70.6 Å². The molecule has 0 unspecified atom stereocenters. The van der Waals surface area contributed by atoms with Gasteiger partial charge in [0.25, 0.3) is 0 Å². The van der Waals surface area contributed by atoms with Gasteiger partial charge in [0.1, 0.15) is 70.6 Å². The van der Waals surface area contributed by atoms with Gasteiger partial charge >= 0.3 is 0 Å². The topological polar surface area (TPSA) is 3.24 Å². The minimum absolute atomic E-state index is 1.15. The number of benzene rings is 9. The van der Waals surface area contributed by atoms with Crippen molar-refractivity contribution in [3.05, 3.63) is 133 Å². The highest BCUT2D eigenvalue weighted by Gasteiger charge is 2.26. The van der Waals surface area contributed by atoms with Gasteiger partial charge in [-0.15, -0.1) is 16.4 Å². The first-order chi connectivity index (χ1) is 27.5. The fourth-order valence-corrected chi connectivity index (χ4v) is 9.75. The lowest BCUT2D eigenvalue weighted by atomic mass is 9.56. The summed E-state index contributed by atoms with van der Waals surface area (Å²) in [6.45, 7) is 2.18. The van der Waals surface area contributed by atoms with E-state index in [0.717, 1.165) is 5.69 Å². The van der Waals surface area contributed by atoms with Crippen LogP contribution < -0.4 is 54.1 Å². The van der Waals surface area contributed by atoms with Gasteiger partial charge in [0.2, 0.25) is 0 Å². The van der Waals surface area contributed by atoms with Crippen molar-refractivity contribution in [1.82, 2.24) is 0 Å². The second-order valence-electron chi connectivity index (χ2n) is 16.5. The van der Waals surface area contributed by atoms with Crippen LogP contribution in [0.4, 0.5) is 17.1 Å². The number of fused-ring (bicyclic) bond motifs is 6. The molecule has 0 aliphatic rings. The molecule has 0 fully saturated rings. The summed E-state index contributed by atoms with van der Waals surface area (Å²) >= 11 is 0. The molecule has 57 heavy (non-hydrogen) atoms. The van der Waals surface area contributed by atoms with Gasteiger partial charge in [0.05, 0.1) is 5.69 Å². The van der Waals surface area contributed by atoms with Crippen molar-refractivity contribution in [3.63, 3.8) is 0 Å². The molecule has 0 spiro atoms. The molecule has 262 valence electrons. The van der Waals surface area contributed by atoms with Crippen LogP contribution >= 0.6 is 0 Å². The normalized spacial score (nSPS) is 11.5. The third kappa shape index (κ3) is 5.82. The summed E-state index contributed by atoms with van der Waals surface area (Å²) < 4.78 is 0. The fraction of sp³-hybridized carbons (Fsp3) is 0.0213. The van der Waals surface area contributed by atoms with Crippen molar-refractivity contribution in [2.45, 2.75) is 6.92 Å². The van der Waals surface area contributed by atoms with E-state index in [1.807, 2.05) is 0 Å². The predicted molar refractivity (Wildman–Crippen MR) is 280 cm³/mol. The molecular formula is C47H42B9N. The van der Waals surface area contributed by atoms with Gasteiger partial charge in [0.15, 0.2) is 0 Å². The van der Waals surface area contributed by atoms with E-state index in [9.17, 15) is 0 Å². The predicted octanol–water partition coefficient (Wildman–Crippen LogP) is -2.26. The van der Waals surface area contributed by atoms with Crippen molar-refractivity contribution in [2.75, 3.05) is 4.90 Å². The molecule has 0 saturated carbocycles. The Hall–Kier alpha value is -5.60. The van der Waals surface area contributed by atoms with E-state index >= 15 is 0 Å². The van der Waals surface area contributed by atoms with Crippen molar-refractivity contribution in [1.29, 1.82) is 0 Å². The van der Waals surface area contributed by atoms with Crippen LogP contribution in [0.15, 0.2) is 127 Å². The van der Waals surface area contributed by atoms with Gasteiger partial charge in [-0.05, 0) is 91.1 Å². The van der Waals surface area contributed by atoms with E-state index in [2.05, 4.69) is 210 Å². The molecule has 0 radical (unpaired) electrons. The Balaban J connectivity index is 1.32. The lowest BCUT2D eigenvalue weighted by Gasteiger charge is -2.34. The summed E-state index contributed by atoms with van der Waals surface area (Å²) in [4.78, 5) is 2.56. The molecule has 10 heteroatoms. The summed E-state index contributed by atoms with van der Waals surface area (Å²) in [5.74, 6) is 0. The first kappa shape index (κ1) is 37.0. The molecule has 9 aromatic rings. The molecule has 0 heterocycles. The van der Waals surface area contributed by atoms with Crippen LogP contribution in [-0.2, 0) is 0 Å². The number of hydrogen-bond donors (Lipinski definition) is 0. The average molecular weight is 718 g/mol. The summed E-state index contributed by atoms with van der Waals surface area (Å²) in [7, 11) is 20.8. The van der Waals surface area contributed by atoms with Gasteiger partial charge in [-0.1, -0.05) is 141 Å². The molecule has 0 N–H and O–H groups in total. The summed E-state index contributed by atoms with van der Waals surface area (Å²) in [5, 5.41) is 10.2. The van der Waals surface area contributed by atoms with Gasteiger partial charge in [-0.2, -0.15) is 0 Å². The highest BCUT2D eigenvalue weighted by atomic mass is 15.1. The van der Waals surface area contributed by atoms with Crippen molar-refractivity contribution in [3.8, 4) is 22.3 Å². The van der Waals surface area contributed by atoms with E-state index in [1.54, 1.807) is 0 Å². The van der Waals surface area contributed by atoms with Crippen LogP contribution in [0.2, 0.25) is 0 Å². The monoisotopic (exact) mass is 719 g/mol. The quantitative estimate of drug-likeness (QED) is 0.144. The first-order valence-corrected chi connectivity index (χ1v) is 20.4. The Morgan fingerprint density at radius 1 is 0.368 bits per heavy atom. The first-order valence-electron chi connectivity index (χ1n) is 20.4. The van der Waals surface area contributed by atoms with Gasteiger partial charge < -0.3 is 4.90 Å². The maximum absolute atomic E-state index is 2.56. The van der Waals surface area contributed by atoms with Gasteiger partial charge in [-0.3, -0.25) is 0 Å². The summed E-state index contributed by atoms with van der Waals surface area (Å²) in [6, 6.07) is 47.5. The maximum atomic E-state index is 2.56. The molecule has 0 aromatic heterocycles. The van der Waals surface area contributed by atoms with E-state index in [4.69, 9.17) is 0 Å². The Morgan fingerprint density at radius 3 is 1.46 bits per heavy atom. The largest absolute Gasteiger partial charge is 0.311 e. The minimum atomic E-state index is 1.15. The molecule has 9 aromatic carbocycles. The van der Waals surface area contributed by atoms with E-state index in [-0.39, 0.29) is 0 Å². The second-order valence-corrected chi connectivity index (χ2v) is 16.5. The van der Waals surface area contributed by atoms with Crippen molar-refractivity contribution < 1.29 is 0 Å². The van der Waals surface area contributed by atoms with Crippen LogP contribution in [0.1, 0.15) is 5.56 Å². The second kappa shape index (κ2) is 14.1. The molecule has 9 rings (SSSR count). The molecule has 0 bridgehead atoms. The highest BCUT2D eigenvalue weighted by Crippen LogP contribution is 2.42. The smallest absolute Gasteiger partial charge is 0.141 e. The number of hydrogen-bond acceptors (Lipinski definition) is 1. The molecular weight excluding hydrogens is 676 g/mol. The lowest BCUT2D eigenvalue weighted by molar-refractivity contribution is 1.33. The number of rotatable bonds is 5. The zero-order valence-electron chi connectivity index (χ0n) is 35.1. The minimum Gasteiger partial charge on any atom is -0.311 e. The van der Waals surface area contributed by atoms with Gasteiger partial charge in [-0.25, -0.2) is 0 Å². The van der Waals surface area contributed by atoms with Crippen LogP contribution in [0.3, 0.4) is 0 Å². The summed E-state index contributed by atoms with van der Waals surface area (Å²) in [5.41, 5.74) is 22.4. The Bertz CT molecular complexity index is 3080. The van der Waals surface area contributed by atoms with Gasteiger partial charge in [0, 0.05) is 16.8 Å². The zero-order chi connectivity index (χ0) is 39.9. The summed E-state index contributed by atoms with van der Waals surface area (Å²) in [6.07, 6.45) is 0. The molecule has 0 atom stereocenters. The third-order valence-corrected chi connectivity index (χ3v) is 13.5. The van der Waals surface area contributed by atoms with Crippen LogP contribution in [0.25, 0.3) is 65.3 Å². The molecule has 0 aliphatic heterocycles. The molecule has 0 saturated heterocycles. The van der Waals surface area contributed by atoms with E-state index in [1.165, 1.54) is 131 Å². The molecule has 0 aliphatic carbocycles. The number of aryl methyl sites for hydroxylation is 1. The Kier molecular flexibility index (Phi) is 9.16. The van der Waals surface area contributed by atoms with Crippen molar-refractivity contribution in [2.24, 2.45) is 0 Å². The van der Waals surface area contributed by atoms with Crippen molar-refractivity contribution >= 4 is 180 Å². The number of anilines is 3. The molecule has 0 amide bonds. The zero-order valence-corrected chi connectivity index (χ0v) is 35.1. The SMILES string of the molecule is Bc1c(B)c(B)c(-c2c(B)c(B)c(N(c3ccc(-c4cc5cc(C)ccc5c5ccccc45)cc3)c3cc4ccccc4c4ccccc34)c(B)c2B)c(B)c1B. The maximum Gasteiger partial charge on any atom is 0.141 e.